The van der Waals surface area contributed by atoms with E-state index in [1.807, 2.05) is 0 Å². The van der Waals surface area contributed by atoms with Gasteiger partial charge in [-0.3, -0.25) is 0 Å². The summed E-state index contributed by atoms with van der Waals surface area (Å²) in [5.74, 6) is 0. The Morgan fingerprint density at radius 1 is 0.500 bits per heavy atom. The highest BCUT2D eigenvalue weighted by atomic mass is 14.4. The van der Waals surface area contributed by atoms with Crippen LogP contribution in [0.1, 0.15) is 45.2 Å². The minimum Gasteiger partial charge on any atom is -0.0656 e. The maximum absolute atomic E-state index is 2.33. The van der Waals surface area contributed by atoms with Gasteiger partial charge in [0.05, 0.1) is 0 Å². The van der Waals surface area contributed by atoms with Gasteiger partial charge in [-0.1, -0.05) is 131 Å². The van der Waals surface area contributed by atoms with Crippen molar-refractivity contribution in [1.82, 2.24) is 0 Å². The highest BCUT2D eigenvalue weighted by Gasteiger charge is 2.36. The van der Waals surface area contributed by atoms with Crippen LogP contribution in [0.2, 0.25) is 0 Å². The molecular formula is C30H30. The third kappa shape index (κ3) is 3.48. The van der Waals surface area contributed by atoms with Crippen LogP contribution in [0, 0.1) is 0 Å². The van der Waals surface area contributed by atoms with Crippen LogP contribution in [0.15, 0.2) is 97.1 Å². The Morgan fingerprint density at radius 2 is 1.00 bits per heavy atom. The molecule has 0 unspecified atom stereocenters. The monoisotopic (exact) mass is 390 g/mol. The molecule has 0 aliphatic heterocycles. The lowest BCUT2D eigenvalue weighted by molar-refractivity contribution is 0.660. The predicted molar refractivity (Wildman–Crippen MR) is 131 cm³/mol. The predicted octanol–water partition coefficient (Wildman–Crippen LogP) is 8.74. The summed E-state index contributed by atoms with van der Waals surface area (Å²) in [6, 6.07) is 35.1. The van der Waals surface area contributed by atoms with E-state index in [-0.39, 0.29) is 5.41 Å². The summed E-state index contributed by atoms with van der Waals surface area (Å²) in [5, 5.41) is 0. The normalized spacial score (nSPS) is 13.1. The number of benzene rings is 4. The molecule has 0 heteroatoms. The topological polar surface area (TPSA) is 0 Å². The fourth-order valence-corrected chi connectivity index (χ4v) is 4.47. The first kappa shape index (κ1) is 20.2. The second-order valence-electron chi connectivity index (χ2n) is 8.55. The lowest BCUT2D eigenvalue weighted by Gasteiger charge is -2.21. The van der Waals surface area contributed by atoms with Gasteiger partial charge in [0.2, 0.25) is 0 Å². The highest BCUT2D eigenvalue weighted by Crippen LogP contribution is 2.51. The Bertz CT molecular complexity index is 1130. The molecule has 0 radical (unpaired) electrons. The minimum atomic E-state index is 0.0475. The van der Waals surface area contributed by atoms with Crippen LogP contribution >= 0.6 is 0 Å². The molecule has 0 heterocycles. The summed E-state index contributed by atoms with van der Waals surface area (Å²) in [4.78, 5) is 0. The average Bonchev–Trinajstić information content (AvgIpc) is 3.03. The molecule has 4 aromatic carbocycles. The standard InChI is InChI=1S/C27H22.C3H8/c1-27(2)24-13-7-6-11-23(24)26-22(12-8-14-25(26)27)21-17-15-20(16-18-21)19-9-4-3-5-10-19;1-3-2/h3-18H,1-2H3;3H2,1-2H3. The van der Waals surface area contributed by atoms with Crippen molar-refractivity contribution < 1.29 is 0 Å². The van der Waals surface area contributed by atoms with Gasteiger partial charge in [-0.15, -0.1) is 0 Å². The van der Waals surface area contributed by atoms with Crippen molar-refractivity contribution >= 4 is 0 Å². The SMILES string of the molecule is CC1(C)c2ccccc2-c2c(-c3ccc(-c4ccccc4)cc3)cccc21.CCC. The van der Waals surface area contributed by atoms with Crippen molar-refractivity contribution in [2.45, 2.75) is 39.5 Å². The van der Waals surface area contributed by atoms with Crippen LogP contribution < -0.4 is 0 Å². The Morgan fingerprint density at radius 3 is 1.70 bits per heavy atom. The van der Waals surface area contributed by atoms with Gasteiger partial charge in [0.25, 0.3) is 0 Å². The number of fused-ring (bicyclic) bond motifs is 3. The highest BCUT2D eigenvalue weighted by molar-refractivity contribution is 5.92. The average molecular weight is 391 g/mol. The molecule has 0 fully saturated rings. The maximum atomic E-state index is 2.33. The first-order chi connectivity index (χ1) is 14.6. The largest absolute Gasteiger partial charge is 0.0656 e. The van der Waals surface area contributed by atoms with E-state index in [4.69, 9.17) is 0 Å². The summed E-state index contributed by atoms with van der Waals surface area (Å²) in [6.07, 6.45) is 1.25. The Balaban J connectivity index is 0.000000687. The Labute approximate surface area is 181 Å². The Hall–Kier alpha value is -3.12. The van der Waals surface area contributed by atoms with Crippen molar-refractivity contribution in [3.8, 4) is 33.4 Å². The van der Waals surface area contributed by atoms with E-state index in [2.05, 4.69) is 125 Å². The van der Waals surface area contributed by atoms with Gasteiger partial charge in [-0.2, -0.15) is 0 Å². The third-order valence-corrected chi connectivity index (χ3v) is 5.91. The molecule has 1 aliphatic carbocycles. The first-order valence-electron chi connectivity index (χ1n) is 11.0. The van der Waals surface area contributed by atoms with Gasteiger partial charge in [-0.05, 0) is 44.5 Å². The van der Waals surface area contributed by atoms with Crippen molar-refractivity contribution in [3.05, 3.63) is 108 Å². The van der Waals surface area contributed by atoms with Crippen LogP contribution in [-0.2, 0) is 5.41 Å². The number of hydrogen-bond acceptors (Lipinski definition) is 0. The maximum Gasteiger partial charge on any atom is 0.0159 e. The van der Waals surface area contributed by atoms with E-state index in [0.29, 0.717) is 0 Å². The van der Waals surface area contributed by atoms with E-state index in [1.165, 1.54) is 50.9 Å². The molecule has 30 heavy (non-hydrogen) atoms. The Kier molecular flexibility index (Phi) is 5.59. The quantitative estimate of drug-likeness (QED) is 0.321. The molecule has 0 nitrogen and oxygen atoms in total. The van der Waals surface area contributed by atoms with Gasteiger partial charge >= 0.3 is 0 Å². The van der Waals surface area contributed by atoms with Gasteiger partial charge in [0.15, 0.2) is 0 Å². The molecule has 0 saturated carbocycles. The van der Waals surface area contributed by atoms with Crippen molar-refractivity contribution in [2.24, 2.45) is 0 Å². The zero-order chi connectivity index (χ0) is 21.1. The molecule has 1 aliphatic rings. The molecule has 0 saturated heterocycles. The molecule has 0 aromatic heterocycles. The molecule has 150 valence electrons. The van der Waals surface area contributed by atoms with Crippen molar-refractivity contribution in [2.75, 3.05) is 0 Å². The van der Waals surface area contributed by atoms with Crippen LogP contribution in [0.4, 0.5) is 0 Å². The van der Waals surface area contributed by atoms with Gasteiger partial charge < -0.3 is 0 Å². The van der Waals surface area contributed by atoms with Gasteiger partial charge in [0, 0.05) is 5.41 Å². The number of hydrogen-bond donors (Lipinski definition) is 0. The molecule has 0 amide bonds. The first-order valence-corrected chi connectivity index (χ1v) is 11.0. The molecule has 0 spiro atoms. The summed E-state index contributed by atoms with van der Waals surface area (Å²) >= 11 is 0. The summed E-state index contributed by atoms with van der Waals surface area (Å²) < 4.78 is 0. The van der Waals surface area contributed by atoms with Crippen LogP contribution in [-0.4, -0.2) is 0 Å². The minimum absolute atomic E-state index is 0.0475. The fraction of sp³-hybridized carbons (Fsp3) is 0.200. The lowest BCUT2D eigenvalue weighted by Crippen LogP contribution is -2.14. The van der Waals surface area contributed by atoms with E-state index in [1.54, 1.807) is 0 Å². The zero-order valence-electron chi connectivity index (χ0n) is 18.4. The lowest BCUT2D eigenvalue weighted by atomic mass is 9.82. The van der Waals surface area contributed by atoms with Crippen LogP contribution in [0.3, 0.4) is 0 Å². The van der Waals surface area contributed by atoms with Gasteiger partial charge in [0.1, 0.15) is 0 Å². The van der Waals surface area contributed by atoms with Gasteiger partial charge in [-0.25, -0.2) is 0 Å². The molecule has 5 rings (SSSR count). The zero-order valence-corrected chi connectivity index (χ0v) is 18.4. The van der Waals surface area contributed by atoms with Crippen molar-refractivity contribution in [3.63, 3.8) is 0 Å². The van der Waals surface area contributed by atoms with Crippen molar-refractivity contribution in [1.29, 1.82) is 0 Å². The van der Waals surface area contributed by atoms with E-state index in [0.717, 1.165) is 0 Å². The second-order valence-corrected chi connectivity index (χ2v) is 8.55. The summed E-state index contributed by atoms with van der Waals surface area (Å²) in [6.45, 7) is 8.92. The molecule has 0 N–H and O–H groups in total. The molecular weight excluding hydrogens is 360 g/mol. The summed E-state index contributed by atoms with van der Waals surface area (Å²) in [7, 11) is 0. The van der Waals surface area contributed by atoms with E-state index >= 15 is 0 Å². The van der Waals surface area contributed by atoms with Crippen LogP contribution in [0.5, 0.6) is 0 Å². The second kappa shape index (κ2) is 8.32. The van der Waals surface area contributed by atoms with E-state index in [9.17, 15) is 0 Å². The molecule has 0 atom stereocenters. The fourth-order valence-electron chi connectivity index (χ4n) is 4.47. The molecule has 0 bridgehead atoms. The smallest absolute Gasteiger partial charge is 0.0159 e. The molecule has 4 aromatic rings. The third-order valence-electron chi connectivity index (χ3n) is 5.91. The van der Waals surface area contributed by atoms with E-state index < -0.39 is 0 Å². The summed E-state index contributed by atoms with van der Waals surface area (Å²) in [5.41, 5.74) is 10.8. The number of rotatable bonds is 2. The van der Waals surface area contributed by atoms with Crippen LogP contribution in [0.25, 0.3) is 33.4 Å².